The summed E-state index contributed by atoms with van der Waals surface area (Å²) >= 11 is 0. The zero-order valence-electron chi connectivity index (χ0n) is 11.5. The summed E-state index contributed by atoms with van der Waals surface area (Å²) in [7, 11) is 0. The topological polar surface area (TPSA) is 89.5 Å². The number of amides is 1. The molecule has 1 heterocycles. The molecule has 2 rings (SSSR count). The highest BCUT2D eigenvalue weighted by Crippen LogP contribution is 2.23. The highest BCUT2D eigenvalue weighted by atomic mass is 16.6. The molecular weight excluding hydrogens is 258 g/mol. The number of nitro groups is 1. The lowest BCUT2D eigenvalue weighted by molar-refractivity contribution is -0.384. The van der Waals surface area contributed by atoms with Crippen LogP contribution in [0.2, 0.25) is 0 Å². The second kappa shape index (κ2) is 6.00. The van der Waals surface area contributed by atoms with Crippen molar-refractivity contribution in [1.82, 2.24) is 4.90 Å². The molecule has 1 fully saturated rings. The summed E-state index contributed by atoms with van der Waals surface area (Å²) in [6.07, 6.45) is 1.85. The number of piperidine rings is 1. The van der Waals surface area contributed by atoms with E-state index in [0.29, 0.717) is 18.7 Å². The summed E-state index contributed by atoms with van der Waals surface area (Å²) in [6.45, 7) is 3.06. The van der Waals surface area contributed by atoms with Crippen molar-refractivity contribution in [2.45, 2.75) is 31.7 Å². The Bertz CT molecular complexity index is 518. The second-order valence-corrected chi connectivity index (χ2v) is 5.26. The van der Waals surface area contributed by atoms with Gasteiger partial charge in [-0.1, -0.05) is 12.1 Å². The molecule has 1 aliphatic rings. The van der Waals surface area contributed by atoms with Crippen LogP contribution >= 0.6 is 0 Å². The summed E-state index contributed by atoms with van der Waals surface area (Å²) in [5.41, 5.74) is 6.56. The normalized spacial score (nSPS) is 20.5. The molecule has 1 unspecified atom stereocenters. The summed E-state index contributed by atoms with van der Waals surface area (Å²) in [5, 5.41) is 10.8. The number of benzene rings is 1. The minimum Gasteiger partial charge on any atom is -0.341 e. The fraction of sp³-hybridized carbons (Fsp3) is 0.500. The molecule has 0 spiro atoms. The molecule has 0 radical (unpaired) electrons. The van der Waals surface area contributed by atoms with Gasteiger partial charge in [0, 0.05) is 31.3 Å². The van der Waals surface area contributed by atoms with Gasteiger partial charge in [-0.3, -0.25) is 14.9 Å². The SMILES string of the molecule is CC(C(=O)N1CCC[C@@H](N)C1)c1cccc([N+](=O)[O-])c1. The standard InChI is InChI=1S/C14H19N3O3/c1-10(11-4-2-6-13(8-11)17(19)20)14(18)16-7-3-5-12(15)9-16/h2,4,6,8,10,12H,3,5,7,9,15H2,1H3/t10?,12-/m1/s1. The Labute approximate surface area is 117 Å². The Morgan fingerprint density at radius 1 is 1.55 bits per heavy atom. The Morgan fingerprint density at radius 3 is 2.95 bits per heavy atom. The molecule has 0 saturated carbocycles. The van der Waals surface area contributed by atoms with Crippen LogP contribution in [-0.4, -0.2) is 34.9 Å². The molecule has 20 heavy (non-hydrogen) atoms. The van der Waals surface area contributed by atoms with Crippen molar-refractivity contribution >= 4 is 11.6 Å². The minimum atomic E-state index is -0.447. The molecule has 1 saturated heterocycles. The molecule has 1 aromatic rings. The van der Waals surface area contributed by atoms with Crippen molar-refractivity contribution in [2.75, 3.05) is 13.1 Å². The number of carbonyl (C=O) groups is 1. The predicted octanol–water partition coefficient (Wildman–Crippen LogP) is 1.65. The van der Waals surface area contributed by atoms with Crippen LogP contribution in [0.15, 0.2) is 24.3 Å². The zero-order valence-corrected chi connectivity index (χ0v) is 11.5. The van der Waals surface area contributed by atoms with Crippen LogP contribution in [0.3, 0.4) is 0 Å². The monoisotopic (exact) mass is 277 g/mol. The van der Waals surface area contributed by atoms with E-state index in [2.05, 4.69) is 0 Å². The molecule has 1 amide bonds. The molecule has 0 bridgehead atoms. The zero-order chi connectivity index (χ0) is 14.7. The van der Waals surface area contributed by atoms with E-state index in [-0.39, 0.29) is 23.6 Å². The third-order valence-corrected chi connectivity index (χ3v) is 3.72. The molecule has 2 N–H and O–H groups in total. The van der Waals surface area contributed by atoms with E-state index in [0.717, 1.165) is 12.8 Å². The van der Waals surface area contributed by atoms with Gasteiger partial charge in [-0.15, -0.1) is 0 Å². The molecule has 2 atom stereocenters. The number of hydrogen-bond acceptors (Lipinski definition) is 4. The van der Waals surface area contributed by atoms with Crippen molar-refractivity contribution in [3.05, 3.63) is 39.9 Å². The van der Waals surface area contributed by atoms with Crippen molar-refractivity contribution in [2.24, 2.45) is 5.73 Å². The number of nitro benzene ring substituents is 1. The maximum absolute atomic E-state index is 12.4. The molecule has 6 heteroatoms. The number of hydrogen-bond donors (Lipinski definition) is 1. The van der Waals surface area contributed by atoms with Crippen LogP contribution in [0.5, 0.6) is 0 Å². The average molecular weight is 277 g/mol. The Kier molecular flexibility index (Phi) is 4.34. The van der Waals surface area contributed by atoms with Crippen LogP contribution in [0, 0.1) is 10.1 Å². The van der Waals surface area contributed by atoms with E-state index in [4.69, 9.17) is 5.73 Å². The summed E-state index contributed by atoms with van der Waals surface area (Å²) < 4.78 is 0. The predicted molar refractivity (Wildman–Crippen MR) is 75.3 cm³/mol. The van der Waals surface area contributed by atoms with Gasteiger partial charge in [-0.05, 0) is 25.3 Å². The van der Waals surface area contributed by atoms with Crippen molar-refractivity contribution in [3.63, 3.8) is 0 Å². The van der Waals surface area contributed by atoms with E-state index in [1.165, 1.54) is 12.1 Å². The molecule has 1 aliphatic heterocycles. The molecule has 0 aliphatic carbocycles. The first-order valence-corrected chi connectivity index (χ1v) is 6.77. The van der Waals surface area contributed by atoms with Crippen LogP contribution in [-0.2, 0) is 4.79 Å². The van der Waals surface area contributed by atoms with Gasteiger partial charge in [0.15, 0.2) is 0 Å². The van der Waals surface area contributed by atoms with Crippen LogP contribution in [0.4, 0.5) is 5.69 Å². The van der Waals surface area contributed by atoms with Crippen LogP contribution in [0.1, 0.15) is 31.2 Å². The first kappa shape index (κ1) is 14.5. The van der Waals surface area contributed by atoms with Gasteiger partial charge in [0.05, 0.1) is 10.8 Å². The third-order valence-electron chi connectivity index (χ3n) is 3.72. The Morgan fingerprint density at radius 2 is 2.30 bits per heavy atom. The van der Waals surface area contributed by atoms with Crippen LogP contribution < -0.4 is 5.73 Å². The highest BCUT2D eigenvalue weighted by Gasteiger charge is 2.26. The fourth-order valence-corrected chi connectivity index (χ4v) is 2.53. The lowest BCUT2D eigenvalue weighted by Crippen LogP contribution is -2.47. The number of nitrogens with zero attached hydrogens (tertiary/aromatic N) is 2. The number of carbonyl (C=O) groups excluding carboxylic acids is 1. The van der Waals surface area contributed by atoms with Gasteiger partial charge in [-0.25, -0.2) is 0 Å². The minimum absolute atomic E-state index is 0.0116. The van der Waals surface area contributed by atoms with Gasteiger partial charge in [-0.2, -0.15) is 0 Å². The average Bonchev–Trinajstić information content (AvgIpc) is 2.45. The lowest BCUT2D eigenvalue weighted by atomic mass is 9.97. The van der Waals surface area contributed by atoms with E-state index in [1.807, 2.05) is 0 Å². The van der Waals surface area contributed by atoms with Crippen molar-refractivity contribution in [3.8, 4) is 0 Å². The van der Waals surface area contributed by atoms with Gasteiger partial charge >= 0.3 is 0 Å². The molecular formula is C14H19N3O3. The first-order valence-electron chi connectivity index (χ1n) is 6.77. The fourth-order valence-electron chi connectivity index (χ4n) is 2.53. The molecule has 6 nitrogen and oxygen atoms in total. The molecule has 108 valence electrons. The van der Waals surface area contributed by atoms with E-state index < -0.39 is 4.92 Å². The smallest absolute Gasteiger partial charge is 0.269 e. The lowest BCUT2D eigenvalue weighted by Gasteiger charge is -2.32. The summed E-state index contributed by atoms with van der Waals surface area (Å²) in [4.78, 5) is 24.5. The maximum atomic E-state index is 12.4. The Hall–Kier alpha value is -1.95. The molecule has 1 aromatic carbocycles. The quantitative estimate of drug-likeness (QED) is 0.672. The van der Waals surface area contributed by atoms with Gasteiger partial charge in [0.1, 0.15) is 0 Å². The van der Waals surface area contributed by atoms with Crippen molar-refractivity contribution in [1.29, 1.82) is 0 Å². The highest BCUT2D eigenvalue weighted by molar-refractivity contribution is 5.83. The van der Waals surface area contributed by atoms with E-state index in [1.54, 1.807) is 24.0 Å². The number of likely N-dealkylation sites (tertiary alicyclic amines) is 1. The largest absolute Gasteiger partial charge is 0.341 e. The maximum Gasteiger partial charge on any atom is 0.269 e. The van der Waals surface area contributed by atoms with E-state index >= 15 is 0 Å². The van der Waals surface area contributed by atoms with Gasteiger partial charge < -0.3 is 10.6 Å². The van der Waals surface area contributed by atoms with Crippen molar-refractivity contribution < 1.29 is 9.72 Å². The summed E-state index contributed by atoms with van der Waals surface area (Å²) in [5.74, 6) is -0.402. The summed E-state index contributed by atoms with van der Waals surface area (Å²) in [6, 6.07) is 6.28. The number of nitrogens with two attached hydrogens (primary N) is 1. The third kappa shape index (κ3) is 3.14. The second-order valence-electron chi connectivity index (χ2n) is 5.26. The number of non-ortho nitro benzene ring substituents is 1. The first-order chi connectivity index (χ1) is 9.49. The van der Waals surface area contributed by atoms with Gasteiger partial charge in [0.2, 0.25) is 5.91 Å². The molecule has 0 aromatic heterocycles. The number of rotatable bonds is 3. The van der Waals surface area contributed by atoms with Gasteiger partial charge in [0.25, 0.3) is 5.69 Å². The van der Waals surface area contributed by atoms with Crippen LogP contribution in [0.25, 0.3) is 0 Å². The van der Waals surface area contributed by atoms with E-state index in [9.17, 15) is 14.9 Å². The Balaban J connectivity index is 2.13.